The predicted octanol–water partition coefficient (Wildman–Crippen LogP) is 1.92. The minimum absolute atomic E-state index is 0.262. The van der Waals surface area contributed by atoms with E-state index in [2.05, 4.69) is 16.9 Å². The summed E-state index contributed by atoms with van der Waals surface area (Å²) in [5.74, 6) is -0.262. The number of rotatable bonds is 3. The van der Waals surface area contributed by atoms with Gasteiger partial charge in [0.1, 0.15) is 5.82 Å². The van der Waals surface area contributed by atoms with E-state index in [1.54, 1.807) is 12.3 Å². The monoisotopic (exact) mass is 237 g/mol. The molecule has 1 aromatic heterocycles. The van der Waals surface area contributed by atoms with E-state index in [9.17, 15) is 4.39 Å². The van der Waals surface area contributed by atoms with Crippen molar-refractivity contribution in [1.29, 1.82) is 0 Å². The van der Waals surface area contributed by atoms with Crippen molar-refractivity contribution in [1.82, 2.24) is 9.88 Å². The number of nitrogens with two attached hydrogens (primary N) is 1. The van der Waals surface area contributed by atoms with Crippen LogP contribution >= 0.6 is 0 Å². The summed E-state index contributed by atoms with van der Waals surface area (Å²) in [5.41, 5.74) is 6.82. The van der Waals surface area contributed by atoms with Crippen LogP contribution in [0.5, 0.6) is 0 Å². The van der Waals surface area contributed by atoms with Gasteiger partial charge >= 0.3 is 0 Å². The van der Waals surface area contributed by atoms with Crippen molar-refractivity contribution < 1.29 is 4.39 Å². The summed E-state index contributed by atoms with van der Waals surface area (Å²) in [4.78, 5) is 6.15. The van der Waals surface area contributed by atoms with Gasteiger partial charge in [-0.15, -0.1) is 0 Å². The van der Waals surface area contributed by atoms with E-state index >= 15 is 0 Å². The summed E-state index contributed by atoms with van der Waals surface area (Å²) < 4.78 is 13.0. The van der Waals surface area contributed by atoms with Gasteiger partial charge in [-0.1, -0.05) is 0 Å². The van der Waals surface area contributed by atoms with Crippen LogP contribution in [-0.4, -0.2) is 29.0 Å². The van der Waals surface area contributed by atoms with E-state index in [4.69, 9.17) is 5.73 Å². The number of aromatic nitrogens is 1. The van der Waals surface area contributed by atoms with Crippen molar-refractivity contribution in [2.24, 2.45) is 5.73 Å². The number of nitrogens with zero attached hydrogens (tertiary/aromatic N) is 2. The third-order valence-corrected chi connectivity index (χ3v) is 3.56. The lowest BCUT2D eigenvalue weighted by atomic mass is 9.91. The molecular weight excluding hydrogens is 217 g/mol. The third kappa shape index (κ3) is 3.48. The summed E-state index contributed by atoms with van der Waals surface area (Å²) in [5, 5.41) is 0. The molecule has 0 aliphatic heterocycles. The molecule has 2 rings (SSSR count). The summed E-state index contributed by atoms with van der Waals surface area (Å²) >= 11 is 0. The third-order valence-electron chi connectivity index (χ3n) is 3.56. The number of hydrogen-bond donors (Lipinski definition) is 1. The standard InChI is InChI=1S/C13H20FN3/c1-17(13-4-2-12(15)3-5-13)9-10-6-11(14)8-16-7-10/h6-8,12-13H,2-5,9,15H2,1H3. The fourth-order valence-electron chi connectivity index (χ4n) is 2.50. The Kier molecular flexibility index (Phi) is 4.07. The highest BCUT2D eigenvalue weighted by molar-refractivity contribution is 5.10. The van der Waals surface area contributed by atoms with Crippen LogP contribution < -0.4 is 5.73 Å². The minimum atomic E-state index is -0.262. The van der Waals surface area contributed by atoms with Gasteiger partial charge in [0.25, 0.3) is 0 Å². The van der Waals surface area contributed by atoms with Crippen LogP contribution in [0.1, 0.15) is 31.2 Å². The normalized spacial score (nSPS) is 25.2. The van der Waals surface area contributed by atoms with E-state index in [0.717, 1.165) is 37.8 Å². The molecule has 1 fully saturated rings. The van der Waals surface area contributed by atoms with Crippen LogP contribution in [0.4, 0.5) is 4.39 Å². The minimum Gasteiger partial charge on any atom is -0.328 e. The summed E-state index contributed by atoms with van der Waals surface area (Å²) in [6.45, 7) is 0.755. The Bertz CT molecular complexity index is 361. The second-order valence-electron chi connectivity index (χ2n) is 5.00. The molecule has 17 heavy (non-hydrogen) atoms. The SMILES string of the molecule is CN(Cc1cncc(F)c1)C1CCC(N)CC1. The maximum Gasteiger partial charge on any atom is 0.141 e. The molecule has 0 saturated heterocycles. The van der Waals surface area contributed by atoms with Gasteiger partial charge in [0.2, 0.25) is 0 Å². The van der Waals surface area contributed by atoms with Gasteiger partial charge in [-0.25, -0.2) is 4.39 Å². The summed E-state index contributed by atoms with van der Waals surface area (Å²) in [7, 11) is 2.09. The van der Waals surface area contributed by atoms with Gasteiger partial charge in [-0.2, -0.15) is 0 Å². The molecule has 0 atom stereocenters. The highest BCUT2D eigenvalue weighted by Crippen LogP contribution is 2.22. The van der Waals surface area contributed by atoms with E-state index in [-0.39, 0.29) is 5.82 Å². The summed E-state index contributed by atoms with van der Waals surface area (Å²) in [6.07, 6.45) is 7.44. The zero-order chi connectivity index (χ0) is 12.3. The van der Waals surface area contributed by atoms with E-state index in [1.807, 2.05) is 0 Å². The van der Waals surface area contributed by atoms with Crippen molar-refractivity contribution >= 4 is 0 Å². The molecule has 1 aliphatic rings. The Morgan fingerprint density at radius 3 is 2.71 bits per heavy atom. The molecule has 0 bridgehead atoms. The second-order valence-corrected chi connectivity index (χ2v) is 5.00. The Labute approximate surface area is 102 Å². The highest BCUT2D eigenvalue weighted by Gasteiger charge is 2.21. The lowest BCUT2D eigenvalue weighted by molar-refractivity contribution is 0.176. The molecule has 4 heteroatoms. The molecule has 1 heterocycles. The Hall–Kier alpha value is -1.00. The average Bonchev–Trinajstić information content (AvgIpc) is 2.29. The molecule has 0 amide bonds. The first-order chi connectivity index (χ1) is 8.15. The van der Waals surface area contributed by atoms with Gasteiger partial charge in [0, 0.05) is 24.8 Å². The first kappa shape index (κ1) is 12.5. The van der Waals surface area contributed by atoms with Crippen LogP contribution in [-0.2, 0) is 6.54 Å². The van der Waals surface area contributed by atoms with E-state index in [1.165, 1.54) is 6.20 Å². The molecule has 1 saturated carbocycles. The van der Waals surface area contributed by atoms with Crippen LogP contribution in [0.25, 0.3) is 0 Å². The van der Waals surface area contributed by atoms with Crippen molar-refractivity contribution in [3.63, 3.8) is 0 Å². The zero-order valence-electron chi connectivity index (χ0n) is 10.3. The molecule has 2 N–H and O–H groups in total. The number of pyridine rings is 1. The van der Waals surface area contributed by atoms with Gasteiger partial charge in [-0.3, -0.25) is 9.88 Å². The largest absolute Gasteiger partial charge is 0.328 e. The molecule has 0 spiro atoms. The predicted molar refractivity (Wildman–Crippen MR) is 65.9 cm³/mol. The lowest BCUT2D eigenvalue weighted by Crippen LogP contribution is -2.38. The lowest BCUT2D eigenvalue weighted by Gasteiger charge is -2.33. The van der Waals surface area contributed by atoms with Crippen molar-refractivity contribution in [2.45, 2.75) is 44.3 Å². The maximum atomic E-state index is 13.0. The van der Waals surface area contributed by atoms with Gasteiger partial charge < -0.3 is 5.73 Å². The van der Waals surface area contributed by atoms with E-state index < -0.39 is 0 Å². The Morgan fingerprint density at radius 1 is 1.35 bits per heavy atom. The highest BCUT2D eigenvalue weighted by atomic mass is 19.1. The van der Waals surface area contributed by atoms with Crippen molar-refractivity contribution in [3.8, 4) is 0 Å². The van der Waals surface area contributed by atoms with Gasteiger partial charge in [0.05, 0.1) is 6.20 Å². The number of hydrogen-bond acceptors (Lipinski definition) is 3. The molecular formula is C13H20FN3. The quantitative estimate of drug-likeness (QED) is 0.873. The Morgan fingerprint density at radius 2 is 2.06 bits per heavy atom. The zero-order valence-corrected chi connectivity index (χ0v) is 10.3. The molecule has 0 aromatic carbocycles. The molecule has 1 aliphatic carbocycles. The van der Waals surface area contributed by atoms with Crippen LogP contribution in [0, 0.1) is 5.82 Å². The van der Waals surface area contributed by atoms with Crippen LogP contribution in [0.15, 0.2) is 18.5 Å². The van der Waals surface area contributed by atoms with Gasteiger partial charge in [-0.05, 0) is 44.4 Å². The average molecular weight is 237 g/mol. The fourth-order valence-corrected chi connectivity index (χ4v) is 2.50. The fraction of sp³-hybridized carbons (Fsp3) is 0.615. The molecule has 3 nitrogen and oxygen atoms in total. The first-order valence-electron chi connectivity index (χ1n) is 6.20. The van der Waals surface area contributed by atoms with Crippen LogP contribution in [0.3, 0.4) is 0 Å². The first-order valence-corrected chi connectivity index (χ1v) is 6.20. The summed E-state index contributed by atoms with van der Waals surface area (Å²) in [6, 6.07) is 2.49. The Balaban J connectivity index is 1.90. The molecule has 1 aromatic rings. The molecule has 0 unspecified atom stereocenters. The molecule has 0 radical (unpaired) electrons. The van der Waals surface area contributed by atoms with Crippen LogP contribution in [0.2, 0.25) is 0 Å². The molecule has 94 valence electrons. The van der Waals surface area contributed by atoms with Crippen molar-refractivity contribution in [2.75, 3.05) is 7.05 Å². The van der Waals surface area contributed by atoms with Crippen molar-refractivity contribution in [3.05, 3.63) is 29.8 Å². The maximum absolute atomic E-state index is 13.0. The van der Waals surface area contributed by atoms with E-state index in [0.29, 0.717) is 12.1 Å². The smallest absolute Gasteiger partial charge is 0.141 e. The topological polar surface area (TPSA) is 42.2 Å². The second kappa shape index (κ2) is 5.56. The number of halogens is 1. The van der Waals surface area contributed by atoms with Gasteiger partial charge in [0.15, 0.2) is 0 Å².